The Kier molecular flexibility index (Phi) is 4.05. The van der Waals surface area contributed by atoms with Gasteiger partial charge in [0.2, 0.25) is 0 Å². The van der Waals surface area contributed by atoms with Crippen molar-refractivity contribution < 1.29 is 15.3 Å². The molecule has 0 bridgehead atoms. The average Bonchev–Trinajstić information content (AvgIpc) is 2.78. The number of fused-ring (bicyclic) bond motifs is 5. The summed E-state index contributed by atoms with van der Waals surface area (Å²) in [4.78, 5) is 0. The topological polar surface area (TPSA) is 60.7 Å². The molecule has 4 heteroatoms. The van der Waals surface area contributed by atoms with Gasteiger partial charge >= 0.3 is 0 Å². The lowest BCUT2D eigenvalue weighted by atomic mass is 9.48. The lowest BCUT2D eigenvalue weighted by molar-refractivity contribution is -0.155. The van der Waals surface area contributed by atoms with Gasteiger partial charge in [0.15, 0.2) is 0 Å². The number of rotatable bonds is 2. The zero-order valence-electron chi connectivity index (χ0n) is 15.1. The molecule has 7 atom stereocenters. The van der Waals surface area contributed by atoms with Gasteiger partial charge in [-0.05, 0) is 49.5 Å². The van der Waals surface area contributed by atoms with Gasteiger partial charge in [-0.2, -0.15) is 0 Å². The summed E-state index contributed by atoms with van der Waals surface area (Å²) in [6, 6.07) is 0. The number of hydrogen-bond acceptors (Lipinski definition) is 3. The summed E-state index contributed by atoms with van der Waals surface area (Å²) >= 11 is 6.69. The van der Waals surface area contributed by atoms with Gasteiger partial charge in [-0.1, -0.05) is 49.8 Å². The van der Waals surface area contributed by atoms with Gasteiger partial charge in [-0.3, -0.25) is 0 Å². The van der Waals surface area contributed by atoms with Gasteiger partial charge in [0, 0.05) is 28.4 Å². The van der Waals surface area contributed by atoms with Crippen molar-refractivity contribution in [3.63, 3.8) is 0 Å². The molecule has 0 aromatic heterocycles. The third-order valence-electron chi connectivity index (χ3n) is 7.99. The highest BCUT2D eigenvalue weighted by Crippen LogP contribution is 2.67. The summed E-state index contributed by atoms with van der Waals surface area (Å²) in [6.07, 6.45) is 11.7. The van der Waals surface area contributed by atoms with Crippen molar-refractivity contribution in [1.82, 2.24) is 0 Å². The Morgan fingerprint density at radius 1 is 1.32 bits per heavy atom. The average molecular weight is 365 g/mol. The van der Waals surface area contributed by atoms with Gasteiger partial charge in [-0.25, -0.2) is 0 Å². The summed E-state index contributed by atoms with van der Waals surface area (Å²) in [6.45, 7) is 4.28. The van der Waals surface area contributed by atoms with Crippen molar-refractivity contribution in [2.45, 2.75) is 57.7 Å². The zero-order valence-corrected chi connectivity index (χ0v) is 15.8. The Bertz CT molecular complexity index is 668. The van der Waals surface area contributed by atoms with Crippen LogP contribution in [-0.2, 0) is 0 Å². The van der Waals surface area contributed by atoms with Crippen LogP contribution in [0.4, 0.5) is 0 Å². The Labute approximate surface area is 155 Å². The Morgan fingerprint density at radius 2 is 2.08 bits per heavy atom. The highest BCUT2D eigenvalue weighted by Gasteiger charge is 2.65. The van der Waals surface area contributed by atoms with E-state index in [0.717, 1.165) is 23.4 Å². The van der Waals surface area contributed by atoms with E-state index in [2.05, 4.69) is 38.2 Å². The number of aliphatic hydroxyl groups is 3. The van der Waals surface area contributed by atoms with Crippen molar-refractivity contribution in [2.75, 3.05) is 6.61 Å². The second kappa shape index (κ2) is 5.69. The summed E-state index contributed by atoms with van der Waals surface area (Å²) in [5.74, 6) is 0.520. The standard InChI is InChI=1S/C21H29ClO3/c1-19-7-4-3-5-15(19)16(22)11-13-14-6-8-21(25,9-10-23)20(14,2)12-17(24)18(13)19/h4-5,7,11,13-14,17-18,23-25H,3,6,8-10,12H2,1-2H3/t13-,14-,17?,18+,19-,20-,21-/m0/s1. The third-order valence-corrected chi connectivity index (χ3v) is 8.32. The van der Waals surface area contributed by atoms with Crippen LogP contribution in [0, 0.1) is 28.6 Å². The van der Waals surface area contributed by atoms with E-state index in [-0.39, 0.29) is 35.2 Å². The van der Waals surface area contributed by atoms with E-state index in [9.17, 15) is 15.3 Å². The molecule has 0 amide bonds. The molecule has 2 fully saturated rings. The van der Waals surface area contributed by atoms with Crippen molar-refractivity contribution in [2.24, 2.45) is 28.6 Å². The van der Waals surface area contributed by atoms with Crippen LogP contribution < -0.4 is 0 Å². The van der Waals surface area contributed by atoms with Crippen LogP contribution in [0.5, 0.6) is 0 Å². The quantitative estimate of drug-likeness (QED) is 0.657. The normalized spacial score (nSPS) is 51.3. The molecule has 2 saturated carbocycles. The van der Waals surface area contributed by atoms with Crippen LogP contribution in [0.25, 0.3) is 0 Å². The molecule has 0 aliphatic heterocycles. The van der Waals surface area contributed by atoms with Gasteiger partial charge in [0.05, 0.1) is 11.7 Å². The molecule has 0 aromatic rings. The van der Waals surface area contributed by atoms with Crippen LogP contribution in [0.2, 0.25) is 0 Å². The molecule has 4 aliphatic rings. The Balaban J connectivity index is 1.81. The Morgan fingerprint density at radius 3 is 2.80 bits per heavy atom. The number of hydrogen-bond donors (Lipinski definition) is 3. The molecular weight excluding hydrogens is 336 g/mol. The molecule has 0 heterocycles. The number of aliphatic hydroxyl groups excluding tert-OH is 2. The maximum Gasteiger partial charge on any atom is 0.0726 e. The van der Waals surface area contributed by atoms with Gasteiger partial charge < -0.3 is 15.3 Å². The molecule has 0 spiro atoms. The fourth-order valence-electron chi connectivity index (χ4n) is 6.70. The van der Waals surface area contributed by atoms with Crippen LogP contribution in [0.3, 0.4) is 0 Å². The predicted molar refractivity (Wildman–Crippen MR) is 99.0 cm³/mol. The largest absolute Gasteiger partial charge is 0.396 e. The van der Waals surface area contributed by atoms with Gasteiger partial charge in [0.1, 0.15) is 0 Å². The van der Waals surface area contributed by atoms with Gasteiger partial charge in [0.25, 0.3) is 0 Å². The summed E-state index contributed by atoms with van der Waals surface area (Å²) in [7, 11) is 0. The summed E-state index contributed by atoms with van der Waals surface area (Å²) in [5, 5.41) is 32.7. The minimum atomic E-state index is -0.905. The molecule has 25 heavy (non-hydrogen) atoms. The second-order valence-electron chi connectivity index (χ2n) is 9.00. The highest BCUT2D eigenvalue weighted by molar-refractivity contribution is 6.32. The third kappa shape index (κ3) is 2.22. The maximum atomic E-state index is 11.3. The fourth-order valence-corrected chi connectivity index (χ4v) is 7.12. The number of allylic oxidation sites excluding steroid dienone is 6. The minimum absolute atomic E-state index is 0.0209. The predicted octanol–water partition coefficient (Wildman–Crippen LogP) is 3.54. The molecule has 0 saturated heterocycles. The molecule has 3 nitrogen and oxygen atoms in total. The van der Waals surface area contributed by atoms with E-state index < -0.39 is 11.7 Å². The Hall–Kier alpha value is -0.610. The minimum Gasteiger partial charge on any atom is -0.396 e. The fraction of sp³-hybridized carbons (Fsp3) is 0.714. The van der Waals surface area contributed by atoms with E-state index in [1.54, 1.807) is 0 Å². The molecule has 0 radical (unpaired) electrons. The van der Waals surface area contributed by atoms with Crippen molar-refractivity contribution in [3.05, 3.63) is 34.9 Å². The van der Waals surface area contributed by atoms with Crippen molar-refractivity contribution in [1.29, 1.82) is 0 Å². The molecule has 4 rings (SSSR count). The van der Waals surface area contributed by atoms with Crippen LogP contribution in [0.1, 0.15) is 46.0 Å². The molecule has 1 unspecified atom stereocenters. The van der Waals surface area contributed by atoms with E-state index in [0.29, 0.717) is 19.3 Å². The maximum absolute atomic E-state index is 11.3. The van der Waals surface area contributed by atoms with E-state index in [4.69, 9.17) is 11.6 Å². The first-order valence-electron chi connectivity index (χ1n) is 9.54. The summed E-state index contributed by atoms with van der Waals surface area (Å²) in [5.41, 5.74) is -0.394. The van der Waals surface area contributed by atoms with E-state index >= 15 is 0 Å². The second-order valence-corrected chi connectivity index (χ2v) is 9.40. The molecule has 4 aliphatic carbocycles. The van der Waals surface area contributed by atoms with Crippen LogP contribution in [-0.4, -0.2) is 33.6 Å². The lowest BCUT2D eigenvalue weighted by Crippen LogP contribution is -2.58. The monoisotopic (exact) mass is 364 g/mol. The van der Waals surface area contributed by atoms with E-state index in [1.807, 2.05) is 0 Å². The first kappa shape index (κ1) is 17.8. The smallest absolute Gasteiger partial charge is 0.0726 e. The number of halogens is 1. The van der Waals surface area contributed by atoms with Gasteiger partial charge in [-0.15, -0.1) is 0 Å². The van der Waals surface area contributed by atoms with Crippen molar-refractivity contribution >= 4 is 11.6 Å². The molecular formula is C21H29ClO3. The lowest BCUT2D eigenvalue weighted by Gasteiger charge is -2.58. The molecule has 3 N–H and O–H groups in total. The van der Waals surface area contributed by atoms with Crippen LogP contribution >= 0.6 is 11.6 Å². The first-order valence-corrected chi connectivity index (χ1v) is 9.92. The molecule has 138 valence electrons. The van der Waals surface area contributed by atoms with Crippen LogP contribution in [0.15, 0.2) is 34.9 Å². The SMILES string of the molecule is C[C@]12C=CCC=C1C(Cl)=C[C@@H]1[C@@H]2C(O)C[C@@]2(C)[C@H]1CC[C@]2(O)CCO. The zero-order chi connectivity index (χ0) is 18.0. The summed E-state index contributed by atoms with van der Waals surface area (Å²) < 4.78 is 0. The first-order chi connectivity index (χ1) is 11.8. The highest BCUT2D eigenvalue weighted by atomic mass is 35.5. The van der Waals surface area contributed by atoms with E-state index in [1.165, 1.54) is 0 Å². The van der Waals surface area contributed by atoms with Crippen molar-refractivity contribution in [3.8, 4) is 0 Å². The molecule has 0 aromatic carbocycles.